The minimum Gasteiger partial charge on any atom is -0.497 e. The maximum absolute atomic E-state index is 13.2. The molecule has 0 saturated carbocycles. The van der Waals surface area contributed by atoms with Gasteiger partial charge in [-0.15, -0.1) is 11.8 Å². The van der Waals surface area contributed by atoms with E-state index in [1.807, 2.05) is 38.1 Å². The third-order valence-corrected chi connectivity index (χ3v) is 6.43. The monoisotopic (exact) mass is 482 g/mol. The van der Waals surface area contributed by atoms with Crippen LogP contribution in [0.5, 0.6) is 5.75 Å². The molecule has 2 amide bonds. The van der Waals surface area contributed by atoms with E-state index in [0.717, 1.165) is 16.9 Å². The lowest BCUT2D eigenvalue weighted by Gasteiger charge is -2.30. The zero-order chi connectivity index (χ0) is 22.8. The number of nitrogens with zero attached hydrogens (tertiary/aromatic N) is 1. The van der Waals surface area contributed by atoms with Crippen molar-refractivity contribution in [3.8, 4) is 5.75 Å². The first-order valence-electron chi connectivity index (χ1n) is 10.1. The zero-order valence-electron chi connectivity index (χ0n) is 18.0. The number of rotatable bonds is 11. The van der Waals surface area contributed by atoms with Gasteiger partial charge in [0.25, 0.3) is 0 Å². The fourth-order valence-corrected chi connectivity index (χ4v) is 4.78. The van der Waals surface area contributed by atoms with Gasteiger partial charge in [-0.3, -0.25) is 9.59 Å². The van der Waals surface area contributed by atoms with E-state index < -0.39 is 6.04 Å². The number of methoxy groups -OCH3 is 1. The van der Waals surface area contributed by atoms with Gasteiger partial charge in [-0.05, 0) is 48.7 Å². The summed E-state index contributed by atoms with van der Waals surface area (Å²) < 4.78 is 5.21. The topological polar surface area (TPSA) is 58.6 Å². The van der Waals surface area contributed by atoms with E-state index >= 15 is 0 Å². The number of carbonyl (C=O) groups is 2. The molecule has 0 fully saturated rings. The Morgan fingerprint density at radius 3 is 2.29 bits per heavy atom. The van der Waals surface area contributed by atoms with Crippen molar-refractivity contribution in [2.45, 2.75) is 38.6 Å². The number of carbonyl (C=O) groups excluding carboxylic acids is 2. The Balaban J connectivity index is 2.15. The number of hydrogen-bond donors (Lipinski definition) is 1. The first-order chi connectivity index (χ1) is 14.9. The lowest BCUT2D eigenvalue weighted by atomic mass is 10.1. The van der Waals surface area contributed by atoms with Crippen molar-refractivity contribution < 1.29 is 14.3 Å². The number of amides is 2. The lowest BCUT2D eigenvalue weighted by Crippen LogP contribution is -2.49. The maximum Gasteiger partial charge on any atom is 0.242 e. The smallest absolute Gasteiger partial charge is 0.242 e. The number of halogens is 2. The number of thioether (sulfide) groups is 1. The van der Waals surface area contributed by atoms with Crippen LogP contribution in [-0.2, 0) is 21.9 Å². The van der Waals surface area contributed by atoms with Gasteiger partial charge in [-0.25, -0.2) is 0 Å². The number of likely N-dealkylation sites (N-methyl/N-ethyl adjacent to an activating group) is 1. The molecule has 1 atom stereocenters. The normalized spacial score (nSPS) is 11.6. The first kappa shape index (κ1) is 25.4. The highest BCUT2D eigenvalue weighted by Gasteiger charge is 2.28. The van der Waals surface area contributed by atoms with Crippen LogP contribution in [0.3, 0.4) is 0 Å². The van der Waals surface area contributed by atoms with Gasteiger partial charge in [-0.2, -0.15) is 0 Å². The van der Waals surface area contributed by atoms with Crippen LogP contribution in [0.2, 0.25) is 10.0 Å². The third kappa shape index (κ3) is 7.34. The average Bonchev–Trinajstić information content (AvgIpc) is 2.76. The number of benzene rings is 2. The van der Waals surface area contributed by atoms with E-state index in [-0.39, 0.29) is 17.6 Å². The van der Waals surface area contributed by atoms with Crippen molar-refractivity contribution in [3.63, 3.8) is 0 Å². The Morgan fingerprint density at radius 1 is 1.10 bits per heavy atom. The molecule has 0 heterocycles. The molecule has 168 valence electrons. The Morgan fingerprint density at radius 2 is 1.74 bits per heavy atom. The highest BCUT2D eigenvalue weighted by Crippen LogP contribution is 2.28. The zero-order valence-corrected chi connectivity index (χ0v) is 20.3. The Bertz CT molecular complexity index is 857. The quantitative estimate of drug-likeness (QED) is 0.479. The predicted molar refractivity (Wildman–Crippen MR) is 129 cm³/mol. The van der Waals surface area contributed by atoms with Gasteiger partial charge >= 0.3 is 0 Å². The summed E-state index contributed by atoms with van der Waals surface area (Å²) in [7, 11) is 1.61. The SMILES string of the molecule is CCNC(=O)[C@@H](CC)N(Cc1ccc(OC)cc1)C(=O)CSCc1c(Cl)cccc1Cl. The van der Waals surface area contributed by atoms with E-state index in [2.05, 4.69) is 5.32 Å². The van der Waals surface area contributed by atoms with Gasteiger partial charge in [0.1, 0.15) is 11.8 Å². The average molecular weight is 483 g/mol. The first-order valence-corrected chi connectivity index (χ1v) is 12.0. The molecule has 0 saturated heterocycles. The van der Waals surface area contributed by atoms with Crippen LogP contribution in [0, 0.1) is 0 Å². The summed E-state index contributed by atoms with van der Waals surface area (Å²) in [6.45, 7) is 4.62. The van der Waals surface area contributed by atoms with E-state index in [9.17, 15) is 9.59 Å². The fourth-order valence-electron chi connectivity index (χ4n) is 3.13. The van der Waals surface area contributed by atoms with Crippen LogP contribution >= 0.6 is 35.0 Å². The molecule has 8 heteroatoms. The molecule has 5 nitrogen and oxygen atoms in total. The molecule has 2 aromatic rings. The third-order valence-electron chi connectivity index (χ3n) is 4.78. The van der Waals surface area contributed by atoms with Crippen molar-refractivity contribution in [2.75, 3.05) is 19.4 Å². The fraction of sp³-hybridized carbons (Fsp3) is 0.391. The molecule has 0 aliphatic carbocycles. The standard InChI is InChI=1S/C23H28Cl2N2O3S/c1-4-21(23(29)26-5-2)27(13-16-9-11-17(30-3)12-10-16)22(28)15-31-14-18-19(24)7-6-8-20(18)25/h6-12,21H,4-5,13-15H2,1-3H3,(H,26,29)/t21-/m1/s1. The molecule has 2 rings (SSSR count). The van der Waals surface area contributed by atoms with Crippen LogP contribution < -0.4 is 10.1 Å². The highest BCUT2D eigenvalue weighted by atomic mass is 35.5. The minimum absolute atomic E-state index is 0.109. The summed E-state index contributed by atoms with van der Waals surface area (Å²) in [4.78, 5) is 27.4. The van der Waals surface area contributed by atoms with Crippen molar-refractivity contribution in [1.29, 1.82) is 0 Å². The lowest BCUT2D eigenvalue weighted by molar-refractivity contribution is -0.139. The van der Waals surface area contributed by atoms with Gasteiger partial charge < -0.3 is 15.0 Å². The van der Waals surface area contributed by atoms with Crippen LogP contribution in [0.15, 0.2) is 42.5 Å². The second-order valence-electron chi connectivity index (χ2n) is 6.88. The molecule has 31 heavy (non-hydrogen) atoms. The van der Waals surface area contributed by atoms with Crippen LogP contribution in [0.25, 0.3) is 0 Å². The van der Waals surface area contributed by atoms with E-state index in [0.29, 0.717) is 35.3 Å². The molecule has 0 radical (unpaired) electrons. The molecule has 2 aromatic carbocycles. The molecular weight excluding hydrogens is 455 g/mol. The van der Waals surface area contributed by atoms with E-state index in [1.54, 1.807) is 30.2 Å². The summed E-state index contributed by atoms with van der Waals surface area (Å²) >= 11 is 13.9. The molecule has 0 bridgehead atoms. The van der Waals surface area contributed by atoms with Crippen molar-refractivity contribution in [2.24, 2.45) is 0 Å². The Labute approximate surface area is 198 Å². The van der Waals surface area contributed by atoms with Crippen molar-refractivity contribution >= 4 is 46.8 Å². The molecule has 0 aliphatic rings. The molecule has 0 aliphatic heterocycles. The number of ether oxygens (including phenoxy) is 1. The van der Waals surface area contributed by atoms with Gasteiger partial charge in [0, 0.05) is 28.9 Å². The Hall–Kier alpha value is -1.89. The second kappa shape index (κ2) is 12.8. The molecule has 1 N–H and O–H groups in total. The van der Waals surface area contributed by atoms with Gasteiger partial charge in [0.15, 0.2) is 0 Å². The van der Waals surface area contributed by atoms with Gasteiger partial charge in [0.2, 0.25) is 11.8 Å². The predicted octanol–water partition coefficient (Wildman–Crippen LogP) is 5.18. The molecule has 0 spiro atoms. The van der Waals surface area contributed by atoms with E-state index in [4.69, 9.17) is 27.9 Å². The summed E-state index contributed by atoms with van der Waals surface area (Å²) in [6, 6.07) is 12.3. The largest absolute Gasteiger partial charge is 0.497 e. The number of hydrogen-bond acceptors (Lipinski definition) is 4. The highest BCUT2D eigenvalue weighted by molar-refractivity contribution is 7.99. The summed E-state index contributed by atoms with van der Waals surface area (Å²) in [5.41, 5.74) is 1.73. The summed E-state index contributed by atoms with van der Waals surface area (Å²) in [5, 5.41) is 4.00. The molecule has 0 unspecified atom stereocenters. The Kier molecular flexibility index (Phi) is 10.5. The van der Waals surface area contributed by atoms with E-state index in [1.165, 1.54) is 11.8 Å². The van der Waals surface area contributed by atoms with Gasteiger partial charge in [0.05, 0.1) is 12.9 Å². The maximum atomic E-state index is 13.2. The molecular formula is C23H28Cl2N2O3S. The van der Waals surface area contributed by atoms with Crippen LogP contribution in [-0.4, -0.2) is 42.2 Å². The second-order valence-corrected chi connectivity index (χ2v) is 8.68. The number of nitrogens with one attached hydrogen (secondary N) is 1. The molecule has 0 aromatic heterocycles. The van der Waals surface area contributed by atoms with Crippen LogP contribution in [0.4, 0.5) is 0 Å². The summed E-state index contributed by atoms with van der Waals surface area (Å²) in [6.07, 6.45) is 0.523. The van der Waals surface area contributed by atoms with Crippen molar-refractivity contribution in [1.82, 2.24) is 10.2 Å². The van der Waals surface area contributed by atoms with Gasteiger partial charge in [-0.1, -0.05) is 48.3 Å². The summed E-state index contributed by atoms with van der Waals surface area (Å²) in [5.74, 6) is 1.21. The van der Waals surface area contributed by atoms with Crippen molar-refractivity contribution in [3.05, 3.63) is 63.6 Å². The minimum atomic E-state index is -0.543. The van der Waals surface area contributed by atoms with Crippen LogP contribution in [0.1, 0.15) is 31.4 Å².